The molecule has 0 aromatic carbocycles. The molecular formula is C33H47N7O7. The summed E-state index contributed by atoms with van der Waals surface area (Å²) in [6.07, 6.45) is 5.91. The van der Waals surface area contributed by atoms with E-state index in [-0.39, 0.29) is 30.1 Å². The summed E-state index contributed by atoms with van der Waals surface area (Å²) >= 11 is 0. The van der Waals surface area contributed by atoms with Crippen LogP contribution in [0.3, 0.4) is 0 Å². The van der Waals surface area contributed by atoms with E-state index in [2.05, 4.69) is 26.3 Å². The summed E-state index contributed by atoms with van der Waals surface area (Å²) in [5, 5.41) is 10.7. The molecule has 0 spiro atoms. The van der Waals surface area contributed by atoms with E-state index in [1.165, 1.54) is 30.4 Å². The van der Waals surface area contributed by atoms with E-state index >= 15 is 0 Å². The zero-order valence-corrected chi connectivity index (χ0v) is 28.3. The summed E-state index contributed by atoms with van der Waals surface area (Å²) in [4.78, 5) is 98.4. The van der Waals surface area contributed by atoms with Gasteiger partial charge in [0.25, 0.3) is 17.7 Å². The molecule has 0 radical (unpaired) electrons. The van der Waals surface area contributed by atoms with Crippen LogP contribution in [0.15, 0.2) is 18.5 Å². The summed E-state index contributed by atoms with van der Waals surface area (Å²) in [7, 11) is 1.36. The lowest BCUT2D eigenvalue weighted by Gasteiger charge is -2.37. The van der Waals surface area contributed by atoms with Crippen molar-refractivity contribution in [3.05, 3.63) is 29.6 Å². The van der Waals surface area contributed by atoms with E-state index in [9.17, 15) is 33.6 Å². The lowest BCUT2D eigenvalue weighted by atomic mass is 9.85. The van der Waals surface area contributed by atoms with Crippen LogP contribution in [0.2, 0.25) is 0 Å². The first-order chi connectivity index (χ1) is 21.9. The molecule has 14 nitrogen and oxygen atoms in total. The van der Waals surface area contributed by atoms with Gasteiger partial charge in [0, 0.05) is 26.0 Å². The highest BCUT2D eigenvalue weighted by Crippen LogP contribution is 2.34. The molecule has 1 saturated carbocycles. The summed E-state index contributed by atoms with van der Waals surface area (Å²) in [6, 6.07) is -2.76. The number of nitrogens with one attached hydrogen (secondary N) is 4. The molecule has 1 unspecified atom stereocenters. The smallest absolute Gasteiger partial charge is 0.315 e. The molecule has 14 heteroatoms. The lowest BCUT2D eigenvalue weighted by Crippen LogP contribution is -2.62. The van der Waals surface area contributed by atoms with E-state index < -0.39 is 76.3 Å². The Morgan fingerprint density at radius 3 is 2.15 bits per heavy atom. The SMILES string of the molecule is CNC(=O)C(=O)C(CC1CC1)NC(=O)[C@@H]1CCCN1C(=O)[C@@H](NC(=O)N[C@H](CN1C(=O)c2ccncc2C1=O)C(C)(C)C)C(C)(C)C. The number of likely N-dealkylation sites (N-methyl/N-ethyl adjacent to an activating group) is 1. The fraction of sp³-hybridized carbons (Fsp3) is 0.636. The summed E-state index contributed by atoms with van der Waals surface area (Å²) < 4.78 is 0. The number of carbonyl (C=O) groups excluding carboxylic acids is 7. The zero-order chi connectivity index (χ0) is 34.8. The molecule has 47 heavy (non-hydrogen) atoms. The number of hydrogen-bond donors (Lipinski definition) is 4. The molecule has 4 rings (SSSR count). The van der Waals surface area contributed by atoms with Crippen molar-refractivity contribution < 1.29 is 33.6 Å². The minimum atomic E-state index is -1.04. The first kappa shape index (κ1) is 35.5. The highest BCUT2D eigenvalue weighted by Gasteiger charge is 2.44. The number of carbonyl (C=O) groups is 7. The number of urea groups is 1. The van der Waals surface area contributed by atoms with Crippen LogP contribution in [0, 0.1) is 16.7 Å². The Morgan fingerprint density at radius 2 is 1.57 bits per heavy atom. The van der Waals surface area contributed by atoms with Gasteiger partial charge in [-0.25, -0.2) is 4.79 Å². The fourth-order valence-corrected chi connectivity index (χ4v) is 5.94. The van der Waals surface area contributed by atoms with Gasteiger partial charge in [0.15, 0.2) is 0 Å². The van der Waals surface area contributed by atoms with E-state index in [0.29, 0.717) is 19.3 Å². The minimum Gasteiger partial charge on any atom is -0.353 e. The number of pyridine rings is 1. The van der Waals surface area contributed by atoms with Crippen LogP contribution in [-0.4, -0.2) is 100 Å². The maximum absolute atomic E-state index is 14.0. The molecule has 3 heterocycles. The first-order valence-corrected chi connectivity index (χ1v) is 16.2. The summed E-state index contributed by atoms with van der Waals surface area (Å²) in [5.74, 6) is -3.18. The van der Waals surface area contributed by atoms with Gasteiger partial charge < -0.3 is 26.2 Å². The molecule has 1 aromatic rings. The van der Waals surface area contributed by atoms with Gasteiger partial charge in [0.2, 0.25) is 17.6 Å². The number of likely N-dealkylation sites (tertiary alicyclic amines) is 1. The lowest BCUT2D eigenvalue weighted by molar-refractivity contribution is -0.143. The average Bonchev–Trinajstić information content (AvgIpc) is 3.62. The predicted octanol–water partition coefficient (Wildman–Crippen LogP) is 1.40. The standard InChI is InChI=1S/C33H47N7O7/c1-32(2,3)23(17-40-28(44)19-12-13-35-16-20(19)29(40)45)37-31(47)38-25(33(4,5)6)30(46)39-14-8-9-22(39)26(42)36-21(15-18-10-11-18)24(41)27(43)34-7/h12-13,16,18,21-23,25H,8-11,14-15,17H2,1-7H3,(H,34,43)(H,36,42)(H2,37,38,47)/t21?,22-,23+,25+/m0/s1. The van der Waals surface area contributed by atoms with Crippen molar-refractivity contribution in [3.63, 3.8) is 0 Å². The van der Waals surface area contributed by atoms with Crippen LogP contribution < -0.4 is 21.3 Å². The maximum atomic E-state index is 14.0. The van der Waals surface area contributed by atoms with Crippen molar-refractivity contribution in [2.24, 2.45) is 16.7 Å². The van der Waals surface area contributed by atoms with Crippen LogP contribution in [0.5, 0.6) is 0 Å². The second-order valence-corrected chi connectivity index (χ2v) is 14.9. The molecule has 1 aromatic heterocycles. The molecule has 0 bridgehead atoms. The highest BCUT2D eigenvalue weighted by molar-refractivity contribution is 6.38. The van der Waals surface area contributed by atoms with Gasteiger partial charge in [-0.05, 0) is 42.1 Å². The van der Waals surface area contributed by atoms with Gasteiger partial charge in [-0.1, -0.05) is 54.4 Å². The quantitative estimate of drug-likeness (QED) is 0.204. The average molecular weight is 654 g/mol. The Bertz CT molecular complexity index is 1410. The molecular weight excluding hydrogens is 606 g/mol. The summed E-state index contributed by atoms with van der Waals surface area (Å²) in [6.45, 7) is 11.2. The molecule has 3 aliphatic rings. The molecule has 256 valence electrons. The molecule has 1 saturated heterocycles. The monoisotopic (exact) mass is 653 g/mol. The third-order valence-electron chi connectivity index (χ3n) is 9.06. The Labute approximate surface area is 275 Å². The largest absolute Gasteiger partial charge is 0.353 e. The van der Waals surface area contributed by atoms with Gasteiger partial charge >= 0.3 is 6.03 Å². The van der Waals surface area contributed by atoms with Gasteiger partial charge in [-0.2, -0.15) is 0 Å². The maximum Gasteiger partial charge on any atom is 0.315 e. The van der Waals surface area contributed by atoms with E-state index in [1.807, 2.05) is 20.8 Å². The van der Waals surface area contributed by atoms with Crippen LogP contribution in [-0.2, 0) is 19.2 Å². The van der Waals surface area contributed by atoms with Crippen LogP contribution in [0.1, 0.15) is 94.4 Å². The van der Waals surface area contributed by atoms with Crippen LogP contribution in [0.25, 0.3) is 0 Å². The number of hydrogen-bond acceptors (Lipinski definition) is 8. The summed E-state index contributed by atoms with van der Waals surface area (Å²) in [5.41, 5.74) is -0.905. The van der Waals surface area contributed by atoms with Crippen molar-refractivity contribution in [1.82, 2.24) is 36.1 Å². The molecule has 2 fully saturated rings. The third kappa shape index (κ3) is 8.14. The van der Waals surface area contributed by atoms with E-state index in [1.54, 1.807) is 20.8 Å². The highest BCUT2D eigenvalue weighted by atomic mass is 16.2. The van der Waals surface area contributed by atoms with Crippen molar-refractivity contribution in [3.8, 4) is 0 Å². The molecule has 2 aliphatic heterocycles. The number of fused-ring (bicyclic) bond motifs is 1. The second kappa shape index (κ2) is 13.8. The molecule has 7 amide bonds. The molecule has 4 N–H and O–H groups in total. The van der Waals surface area contributed by atoms with Gasteiger partial charge in [0.05, 0.1) is 29.8 Å². The van der Waals surface area contributed by atoms with Gasteiger partial charge in [-0.15, -0.1) is 0 Å². The number of ketones is 1. The van der Waals surface area contributed by atoms with Crippen molar-refractivity contribution in [2.45, 2.75) is 97.8 Å². The van der Waals surface area contributed by atoms with E-state index in [4.69, 9.17) is 0 Å². The Balaban J connectivity index is 1.46. The molecule has 4 atom stereocenters. The van der Waals surface area contributed by atoms with Crippen molar-refractivity contribution in [2.75, 3.05) is 20.1 Å². The Hall–Kier alpha value is -4.36. The number of amides is 7. The number of aromatic nitrogens is 1. The topological polar surface area (TPSA) is 187 Å². The van der Waals surface area contributed by atoms with Crippen molar-refractivity contribution >= 4 is 41.4 Å². The zero-order valence-electron chi connectivity index (χ0n) is 28.3. The van der Waals surface area contributed by atoms with E-state index in [0.717, 1.165) is 17.7 Å². The second-order valence-electron chi connectivity index (χ2n) is 14.9. The fourth-order valence-electron chi connectivity index (χ4n) is 5.94. The van der Waals surface area contributed by atoms with Crippen LogP contribution >= 0.6 is 0 Å². The Morgan fingerprint density at radius 1 is 0.915 bits per heavy atom. The first-order valence-electron chi connectivity index (χ1n) is 16.2. The van der Waals surface area contributed by atoms with Gasteiger partial charge in [-0.3, -0.25) is 38.7 Å². The number of nitrogens with zero attached hydrogens (tertiary/aromatic N) is 3. The van der Waals surface area contributed by atoms with Crippen LogP contribution in [0.4, 0.5) is 4.79 Å². The van der Waals surface area contributed by atoms with Crippen molar-refractivity contribution in [1.29, 1.82) is 0 Å². The molecule has 1 aliphatic carbocycles. The predicted molar refractivity (Wildman–Crippen MR) is 171 cm³/mol. The van der Waals surface area contributed by atoms with Gasteiger partial charge in [0.1, 0.15) is 12.1 Å². The minimum absolute atomic E-state index is 0.0947. The number of rotatable bonds is 11. The number of imide groups is 1. The normalized spacial score (nSPS) is 19.9. The third-order valence-corrected chi connectivity index (χ3v) is 9.06. The number of Topliss-reactive ketones (excluding diaryl/α,β-unsaturated/α-hetero) is 1. The Kier molecular flexibility index (Phi) is 10.4.